The standard InChI is InChI=1S/C8H8N2O/c1-11-7-4-6-2-3-9-8(6)10-5-7/h2-5,7H,1H3/t7-/m1/s1. The maximum Gasteiger partial charge on any atom is 0.158 e. The number of hydrogen-bond donors (Lipinski definition) is 0. The van der Waals surface area contributed by atoms with Crippen molar-refractivity contribution < 1.29 is 4.74 Å². The Hall–Kier alpha value is -1.22. The average molecular weight is 148 g/mol. The number of methoxy groups -OCH3 is 1. The van der Waals surface area contributed by atoms with Gasteiger partial charge in [0.1, 0.15) is 6.10 Å². The molecule has 3 heteroatoms. The lowest BCUT2D eigenvalue weighted by Gasteiger charge is -2.10. The number of rotatable bonds is 1. The molecule has 3 nitrogen and oxygen atoms in total. The van der Waals surface area contributed by atoms with E-state index >= 15 is 0 Å². The summed E-state index contributed by atoms with van der Waals surface area (Å²) in [4.78, 5) is 8.15. The van der Waals surface area contributed by atoms with E-state index in [2.05, 4.69) is 9.98 Å². The molecule has 56 valence electrons. The number of ether oxygens (including phenoxy) is 1. The van der Waals surface area contributed by atoms with Crippen molar-refractivity contribution in [1.82, 2.24) is 0 Å². The lowest BCUT2D eigenvalue weighted by molar-refractivity contribution is 0.194. The Labute approximate surface area is 64.8 Å². The van der Waals surface area contributed by atoms with E-state index in [1.807, 2.05) is 12.2 Å². The van der Waals surface area contributed by atoms with Gasteiger partial charge in [-0.25, -0.2) is 9.98 Å². The summed E-state index contributed by atoms with van der Waals surface area (Å²) >= 11 is 0. The number of aliphatic imine (C=N–C) groups is 2. The van der Waals surface area contributed by atoms with Gasteiger partial charge in [-0.15, -0.1) is 0 Å². The maximum atomic E-state index is 5.08. The molecule has 2 aliphatic rings. The maximum absolute atomic E-state index is 5.08. The largest absolute Gasteiger partial charge is 0.372 e. The summed E-state index contributed by atoms with van der Waals surface area (Å²) in [6, 6.07) is 0. The molecule has 11 heavy (non-hydrogen) atoms. The van der Waals surface area contributed by atoms with E-state index in [0.717, 1.165) is 11.4 Å². The fraction of sp³-hybridized carbons (Fsp3) is 0.250. The van der Waals surface area contributed by atoms with Crippen molar-refractivity contribution in [3.05, 3.63) is 23.9 Å². The lowest BCUT2D eigenvalue weighted by Crippen LogP contribution is -2.16. The van der Waals surface area contributed by atoms with Crippen molar-refractivity contribution in [1.29, 1.82) is 0 Å². The van der Waals surface area contributed by atoms with Crippen LogP contribution >= 0.6 is 0 Å². The van der Waals surface area contributed by atoms with Crippen LogP contribution < -0.4 is 0 Å². The van der Waals surface area contributed by atoms with Gasteiger partial charge < -0.3 is 4.74 Å². The summed E-state index contributed by atoms with van der Waals surface area (Å²) in [6.07, 6.45) is 7.42. The molecule has 0 aromatic carbocycles. The molecule has 2 heterocycles. The SMILES string of the molecule is CO[C@H]1C=NC2=NC=CC2=C1. The highest BCUT2D eigenvalue weighted by Gasteiger charge is 2.14. The fourth-order valence-electron chi connectivity index (χ4n) is 1.07. The highest BCUT2D eigenvalue weighted by molar-refractivity contribution is 6.09. The van der Waals surface area contributed by atoms with E-state index < -0.39 is 0 Å². The zero-order valence-electron chi connectivity index (χ0n) is 6.19. The first-order valence-electron chi connectivity index (χ1n) is 3.43. The molecule has 2 aliphatic heterocycles. The third-order valence-corrected chi connectivity index (χ3v) is 1.67. The third-order valence-electron chi connectivity index (χ3n) is 1.67. The third kappa shape index (κ3) is 1.03. The van der Waals surface area contributed by atoms with Gasteiger partial charge in [0.05, 0.1) is 0 Å². The fourth-order valence-corrected chi connectivity index (χ4v) is 1.07. The smallest absolute Gasteiger partial charge is 0.158 e. The number of nitrogens with zero attached hydrogens (tertiary/aromatic N) is 2. The van der Waals surface area contributed by atoms with Crippen LogP contribution in [-0.4, -0.2) is 25.3 Å². The van der Waals surface area contributed by atoms with Crippen LogP contribution in [0.5, 0.6) is 0 Å². The van der Waals surface area contributed by atoms with Crippen molar-refractivity contribution in [2.24, 2.45) is 9.98 Å². The Bertz CT molecular complexity index is 286. The van der Waals surface area contributed by atoms with Crippen LogP contribution in [0, 0.1) is 0 Å². The van der Waals surface area contributed by atoms with E-state index in [1.165, 1.54) is 0 Å². The Balaban J connectivity index is 2.30. The van der Waals surface area contributed by atoms with Gasteiger partial charge in [0.2, 0.25) is 0 Å². The van der Waals surface area contributed by atoms with E-state index in [9.17, 15) is 0 Å². The monoisotopic (exact) mass is 148 g/mol. The van der Waals surface area contributed by atoms with Gasteiger partial charge >= 0.3 is 0 Å². The van der Waals surface area contributed by atoms with Crippen LogP contribution in [0.25, 0.3) is 0 Å². The summed E-state index contributed by atoms with van der Waals surface area (Å²) in [5, 5.41) is 0. The summed E-state index contributed by atoms with van der Waals surface area (Å²) in [6.45, 7) is 0. The number of fused-ring (bicyclic) bond motifs is 1. The second-order valence-electron chi connectivity index (χ2n) is 2.37. The molecule has 0 bridgehead atoms. The first-order chi connectivity index (χ1) is 5.40. The first kappa shape index (κ1) is 6.49. The van der Waals surface area contributed by atoms with Crippen LogP contribution in [0.4, 0.5) is 0 Å². The normalized spacial score (nSPS) is 26.5. The number of dihydropyridines is 1. The number of hydrogen-bond acceptors (Lipinski definition) is 3. The molecule has 0 aliphatic carbocycles. The van der Waals surface area contributed by atoms with Crippen LogP contribution in [0.2, 0.25) is 0 Å². The molecule has 1 atom stereocenters. The van der Waals surface area contributed by atoms with Gasteiger partial charge in [0, 0.05) is 25.1 Å². The second kappa shape index (κ2) is 2.43. The van der Waals surface area contributed by atoms with Gasteiger partial charge in [-0.1, -0.05) is 0 Å². The molecule has 0 aromatic heterocycles. The molecule has 0 radical (unpaired) electrons. The Morgan fingerprint density at radius 2 is 2.45 bits per heavy atom. The molecule has 0 N–H and O–H groups in total. The highest BCUT2D eigenvalue weighted by atomic mass is 16.5. The molecule has 0 fully saturated rings. The second-order valence-corrected chi connectivity index (χ2v) is 2.37. The van der Waals surface area contributed by atoms with Crippen LogP contribution in [0.15, 0.2) is 33.9 Å². The Morgan fingerprint density at radius 3 is 3.27 bits per heavy atom. The summed E-state index contributed by atoms with van der Waals surface area (Å²) < 4.78 is 5.08. The van der Waals surface area contributed by atoms with Crippen LogP contribution in [0.1, 0.15) is 0 Å². The zero-order chi connectivity index (χ0) is 7.68. The minimum absolute atomic E-state index is 0.00620. The first-order valence-corrected chi connectivity index (χ1v) is 3.43. The Morgan fingerprint density at radius 1 is 1.55 bits per heavy atom. The molecule has 0 spiro atoms. The molecule has 0 unspecified atom stereocenters. The minimum Gasteiger partial charge on any atom is -0.372 e. The van der Waals surface area contributed by atoms with Crippen molar-refractivity contribution in [3.63, 3.8) is 0 Å². The van der Waals surface area contributed by atoms with Crippen molar-refractivity contribution >= 4 is 12.1 Å². The molecular weight excluding hydrogens is 140 g/mol. The molecule has 0 saturated heterocycles. The van der Waals surface area contributed by atoms with Crippen molar-refractivity contribution in [2.45, 2.75) is 6.10 Å². The molecule has 0 amide bonds. The minimum atomic E-state index is 0.00620. The van der Waals surface area contributed by atoms with Gasteiger partial charge in [-0.05, 0) is 12.2 Å². The van der Waals surface area contributed by atoms with Crippen molar-refractivity contribution in [3.8, 4) is 0 Å². The van der Waals surface area contributed by atoms with E-state index in [-0.39, 0.29) is 6.10 Å². The summed E-state index contributed by atoms with van der Waals surface area (Å²) in [7, 11) is 1.66. The van der Waals surface area contributed by atoms with Gasteiger partial charge in [-0.3, -0.25) is 0 Å². The predicted molar refractivity (Wildman–Crippen MR) is 43.9 cm³/mol. The highest BCUT2D eigenvalue weighted by Crippen LogP contribution is 2.14. The topological polar surface area (TPSA) is 34.0 Å². The van der Waals surface area contributed by atoms with Gasteiger partial charge in [0.25, 0.3) is 0 Å². The van der Waals surface area contributed by atoms with Crippen LogP contribution in [0.3, 0.4) is 0 Å². The molecule has 2 rings (SSSR count). The molecule has 0 saturated carbocycles. The number of amidine groups is 1. The summed E-state index contributed by atoms with van der Waals surface area (Å²) in [5.41, 5.74) is 1.05. The Kier molecular flexibility index (Phi) is 1.43. The quantitative estimate of drug-likeness (QED) is 0.544. The van der Waals surface area contributed by atoms with Gasteiger partial charge in [-0.2, -0.15) is 0 Å². The van der Waals surface area contributed by atoms with E-state index in [4.69, 9.17) is 4.74 Å². The van der Waals surface area contributed by atoms with Crippen LogP contribution in [-0.2, 0) is 4.74 Å². The lowest BCUT2D eigenvalue weighted by atomic mass is 10.1. The van der Waals surface area contributed by atoms with Crippen molar-refractivity contribution in [2.75, 3.05) is 7.11 Å². The van der Waals surface area contributed by atoms with Gasteiger partial charge in [0.15, 0.2) is 5.84 Å². The summed E-state index contributed by atoms with van der Waals surface area (Å²) in [5.74, 6) is 0.790. The van der Waals surface area contributed by atoms with E-state index in [0.29, 0.717) is 0 Å². The van der Waals surface area contributed by atoms with E-state index in [1.54, 1.807) is 19.5 Å². The average Bonchev–Trinajstić information content (AvgIpc) is 2.50. The molecular formula is C8H8N2O. The zero-order valence-corrected chi connectivity index (χ0v) is 6.19. The molecule has 0 aromatic rings. The predicted octanol–water partition coefficient (Wildman–Crippen LogP) is 0.938.